The van der Waals surface area contributed by atoms with Gasteiger partial charge < -0.3 is 20.1 Å². The molecule has 0 radical (unpaired) electrons. The van der Waals surface area contributed by atoms with E-state index in [9.17, 15) is 14.3 Å². The van der Waals surface area contributed by atoms with Crippen molar-refractivity contribution in [3.8, 4) is 5.75 Å². The number of rotatable bonds is 6. The first kappa shape index (κ1) is 20.3. The molecular weight excluding hydrogens is 359 g/mol. The van der Waals surface area contributed by atoms with Gasteiger partial charge in [0.25, 0.3) is 0 Å². The molecule has 3 rings (SSSR count). The Labute approximate surface area is 165 Å². The number of hydrogen-bond acceptors (Lipinski definition) is 4. The van der Waals surface area contributed by atoms with E-state index in [-0.39, 0.29) is 11.7 Å². The third-order valence-corrected chi connectivity index (χ3v) is 5.45. The molecule has 2 N–H and O–H groups in total. The van der Waals surface area contributed by atoms with Gasteiger partial charge in [0, 0.05) is 26.6 Å². The molecule has 2 aromatic rings. The number of aliphatic hydroxyl groups is 1. The summed E-state index contributed by atoms with van der Waals surface area (Å²) in [6, 6.07) is 13.8. The summed E-state index contributed by atoms with van der Waals surface area (Å²) in [6.07, 6.45) is 0.811. The van der Waals surface area contributed by atoms with Gasteiger partial charge in [-0.25, -0.2) is 4.39 Å². The summed E-state index contributed by atoms with van der Waals surface area (Å²) in [5, 5.41) is 13.7. The maximum atomic E-state index is 13.3. The van der Waals surface area contributed by atoms with Crippen LogP contribution < -0.4 is 10.1 Å². The Balaban J connectivity index is 1.66. The summed E-state index contributed by atoms with van der Waals surface area (Å²) in [7, 11) is 1.61. The Hall–Kier alpha value is -2.44. The van der Waals surface area contributed by atoms with E-state index in [0.29, 0.717) is 19.4 Å². The van der Waals surface area contributed by atoms with E-state index >= 15 is 0 Å². The van der Waals surface area contributed by atoms with Gasteiger partial charge in [-0.3, -0.25) is 4.79 Å². The molecular formula is C22H27FN2O3. The van der Waals surface area contributed by atoms with Gasteiger partial charge in [0.2, 0.25) is 5.91 Å². The zero-order valence-corrected chi connectivity index (χ0v) is 16.3. The van der Waals surface area contributed by atoms with Crippen LogP contribution in [0.2, 0.25) is 0 Å². The van der Waals surface area contributed by atoms with Gasteiger partial charge >= 0.3 is 0 Å². The van der Waals surface area contributed by atoms with E-state index in [2.05, 4.69) is 10.2 Å². The van der Waals surface area contributed by atoms with Crippen LogP contribution in [0, 0.1) is 5.82 Å². The van der Waals surface area contributed by atoms with Crippen LogP contribution in [-0.4, -0.2) is 42.7 Å². The summed E-state index contributed by atoms with van der Waals surface area (Å²) in [5.41, 5.74) is 1.26. The molecule has 0 spiro atoms. The number of β-amino-alcohol motifs (C(OH)–C–C–N with tert-alkyl or cyclic N) is 1. The van der Waals surface area contributed by atoms with Crippen molar-refractivity contribution in [3.63, 3.8) is 0 Å². The van der Waals surface area contributed by atoms with Crippen LogP contribution in [0.25, 0.3) is 0 Å². The van der Waals surface area contributed by atoms with Crippen LogP contribution in [0.15, 0.2) is 48.5 Å². The van der Waals surface area contributed by atoms with Crippen molar-refractivity contribution in [2.24, 2.45) is 0 Å². The molecule has 1 fully saturated rings. The Morgan fingerprint density at radius 2 is 1.79 bits per heavy atom. The molecule has 1 amide bonds. The summed E-state index contributed by atoms with van der Waals surface area (Å²) in [6.45, 7) is 3.48. The lowest BCUT2D eigenvalue weighted by Gasteiger charge is -2.43. The Morgan fingerprint density at radius 1 is 1.18 bits per heavy atom. The number of ether oxygens (including phenoxy) is 1. The zero-order chi connectivity index (χ0) is 20.1. The quantitative estimate of drug-likeness (QED) is 0.801. The van der Waals surface area contributed by atoms with Gasteiger partial charge in [-0.05, 0) is 48.2 Å². The second kappa shape index (κ2) is 8.71. The van der Waals surface area contributed by atoms with Crippen molar-refractivity contribution in [2.75, 3.05) is 26.7 Å². The number of benzene rings is 2. The van der Waals surface area contributed by atoms with Gasteiger partial charge in [-0.1, -0.05) is 24.3 Å². The van der Waals surface area contributed by atoms with Gasteiger partial charge in [-0.15, -0.1) is 0 Å². The SMILES string of the molecule is COc1ccc(C(O)CN2CCC(NC(C)=O)(c3ccc(F)cc3)CC2)cc1. The summed E-state index contributed by atoms with van der Waals surface area (Å²) < 4.78 is 18.5. The minimum absolute atomic E-state index is 0.101. The normalized spacial score (nSPS) is 17.7. The van der Waals surface area contributed by atoms with Crippen molar-refractivity contribution in [1.29, 1.82) is 0 Å². The predicted molar refractivity (Wildman–Crippen MR) is 106 cm³/mol. The van der Waals surface area contributed by atoms with Crippen LogP contribution in [0.3, 0.4) is 0 Å². The van der Waals surface area contributed by atoms with Crippen LogP contribution in [-0.2, 0) is 10.3 Å². The molecule has 28 heavy (non-hydrogen) atoms. The number of methoxy groups -OCH3 is 1. The number of likely N-dealkylation sites (tertiary alicyclic amines) is 1. The van der Waals surface area contributed by atoms with Crippen molar-refractivity contribution >= 4 is 5.91 Å². The monoisotopic (exact) mass is 386 g/mol. The maximum Gasteiger partial charge on any atom is 0.217 e. The largest absolute Gasteiger partial charge is 0.497 e. The van der Waals surface area contributed by atoms with E-state index in [1.165, 1.54) is 19.1 Å². The summed E-state index contributed by atoms with van der Waals surface area (Å²) >= 11 is 0. The Morgan fingerprint density at radius 3 is 2.32 bits per heavy atom. The van der Waals surface area contributed by atoms with Gasteiger partial charge in [0.15, 0.2) is 0 Å². The second-order valence-electron chi connectivity index (χ2n) is 7.36. The average Bonchev–Trinajstić information content (AvgIpc) is 2.69. The molecule has 0 aromatic heterocycles. The second-order valence-corrected chi connectivity index (χ2v) is 7.36. The number of carbonyl (C=O) groups excluding carboxylic acids is 1. The summed E-state index contributed by atoms with van der Waals surface area (Å²) in [5.74, 6) is 0.367. The van der Waals surface area contributed by atoms with E-state index in [4.69, 9.17) is 4.74 Å². The molecule has 150 valence electrons. The fraction of sp³-hybridized carbons (Fsp3) is 0.409. The number of hydrogen-bond donors (Lipinski definition) is 2. The lowest BCUT2D eigenvalue weighted by atomic mass is 9.80. The minimum Gasteiger partial charge on any atom is -0.497 e. The molecule has 2 aromatic carbocycles. The number of nitrogens with zero attached hydrogens (tertiary/aromatic N) is 1. The molecule has 0 bridgehead atoms. The highest BCUT2D eigenvalue weighted by molar-refractivity contribution is 5.74. The first-order chi connectivity index (χ1) is 13.4. The van der Waals surface area contributed by atoms with Crippen molar-refractivity contribution in [2.45, 2.75) is 31.4 Å². The topological polar surface area (TPSA) is 61.8 Å². The highest BCUT2D eigenvalue weighted by atomic mass is 19.1. The first-order valence-corrected chi connectivity index (χ1v) is 9.51. The van der Waals surface area contributed by atoms with Crippen LogP contribution in [0.5, 0.6) is 5.75 Å². The van der Waals surface area contributed by atoms with Gasteiger partial charge in [0.05, 0.1) is 18.8 Å². The Kier molecular flexibility index (Phi) is 6.31. The van der Waals surface area contributed by atoms with E-state index in [1.807, 2.05) is 24.3 Å². The predicted octanol–water partition coefficient (Wildman–Crippen LogP) is 3.00. The van der Waals surface area contributed by atoms with Gasteiger partial charge in [0.1, 0.15) is 11.6 Å². The number of halogens is 1. The fourth-order valence-electron chi connectivity index (χ4n) is 3.89. The van der Waals surface area contributed by atoms with E-state index in [0.717, 1.165) is 30.0 Å². The molecule has 1 atom stereocenters. The highest BCUT2D eigenvalue weighted by Crippen LogP contribution is 2.34. The van der Waals surface area contributed by atoms with Gasteiger partial charge in [-0.2, -0.15) is 0 Å². The van der Waals surface area contributed by atoms with Crippen molar-refractivity contribution in [1.82, 2.24) is 10.2 Å². The number of amides is 1. The van der Waals surface area contributed by atoms with Crippen LogP contribution in [0.1, 0.15) is 37.0 Å². The first-order valence-electron chi connectivity index (χ1n) is 9.51. The van der Waals surface area contributed by atoms with Crippen LogP contribution >= 0.6 is 0 Å². The number of nitrogens with one attached hydrogen (secondary N) is 1. The highest BCUT2D eigenvalue weighted by Gasteiger charge is 2.37. The van der Waals surface area contributed by atoms with Crippen molar-refractivity contribution < 1.29 is 19.0 Å². The molecule has 1 saturated heterocycles. The lowest BCUT2D eigenvalue weighted by molar-refractivity contribution is -0.121. The molecule has 1 aliphatic rings. The van der Waals surface area contributed by atoms with E-state index in [1.54, 1.807) is 19.2 Å². The van der Waals surface area contributed by atoms with Crippen molar-refractivity contribution in [3.05, 3.63) is 65.5 Å². The van der Waals surface area contributed by atoms with E-state index < -0.39 is 11.6 Å². The maximum absolute atomic E-state index is 13.3. The number of piperidine rings is 1. The third kappa shape index (κ3) is 4.69. The number of aliphatic hydroxyl groups excluding tert-OH is 1. The minimum atomic E-state index is -0.593. The molecule has 6 heteroatoms. The standard InChI is InChI=1S/C22H27FN2O3/c1-16(26)24-22(18-5-7-19(23)8-6-18)11-13-25(14-12-22)15-21(27)17-3-9-20(28-2)10-4-17/h3-10,21,27H,11-15H2,1-2H3,(H,24,26). The summed E-state index contributed by atoms with van der Waals surface area (Å²) in [4.78, 5) is 14.0. The molecule has 1 unspecified atom stereocenters. The molecule has 1 heterocycles. The molecule has 0 aliphatic carbocycles. The Bertz CT molecular complexity index is 784. The lowest BCUT2D eigenvalue weighted by Crippen LogP contribution is -2.53. The molecule has 5 nitrogen and oxygen atoms in total. The smallest absolute Gasteiger partial charge is 0.217 e. The van der Waals surface area contributed by atoms with Crippen LogP contribution in [0.4, 0.5) is 4.39 Å². The average molecular weight is 386 g/mol. The third-order valence-electron chi connectivity index (χ3n) is 5.45. The zero-order valence-electron chi connectivity index (χ0n) is 16.3. The molecule has 0 saturated carbocycles. The molecule has 1 aliphatic heterocycles. The fourth-order valence-corrected chi connectivity index (χ4v) is 3.89. The number of carbonyl (C=O) groups is 1.